The third-order valence-corrected chi connectivity index (χ3v) is 3.80. The zero-order chi connectivity index (χ0) is 18.3. The minimum absolute atomic E-state index is 0.312. The van der Waals surface area contributed by atoms with Gasteiger partial charge in [-0.15, -0.1) is 0 Å². The molecule has 0 saturated heterocycles. The maximum absolute atomic E-state index is 11.3. The SMILES string of the molecule is C=C/C=C\C(=C/C)CN(CCCCCC(=O)OOC)c1ccccc1. The van der Waals surface area contributed by atoms with E-state index in [9.17, 15) is 4.79 Å². The number of hydrogen-bond acceptors (Lipinski definition) is 4. The van der Waals surface area contributed by atoms with Crippen molar-refractivity contribution < 1.29 is 14.6 Å². The van der Waals surface area contributed by atoms with Crippen LogP contribution in [0.15, 0.2) is 66.8 Å². The Morgan fingerprint density at radius 2 is 1.96 bits per heavy atom. The van der Waals surface area contributed by atoms with Crippen LogP contribution in [0.3, 0.4) is 0 Å². The second kappa shape index (κ2) is 13.0. The zero-order valence-electron chi connectivity index (χ0n) is 15.3. The van der Waals surface area contributed by atoms with Crippen molar-refractivity contribution in [3.63, 3.8) is 0 Å². The van der Waals surface area contributed by atoms with Crippen molar-refractivity contribution in [2.24, 2.45) is 0 Å². The Balaban J connectivity index is 2.56. The van der Waals surface area contributed by atoms with Crippen LogP contribution in [-0.4, -0.2) is 26.2 Å². The molecule has 4 heteroatoms. The van der Waals surface area contributed by atoms with Crippen LogP contribution in [-0.2, 0) is 14.6 Å². The van der Waals surface area contributed by atoms with Gasteiger partial charge in [0.2, 0.25) is 0 Å². The van der Waals surface area contributed by atoms with Gasteiger partial charge in [0.25, 0.3) is 0 Å². The number of carbonyl (C=O) groups is 1. The lowest BCUT2D eigenvalue weighted by atomic mass is 10.1. The minimum Gasteiger partial charge on any atom is -0.367 e. The molecule has 0 radical (unpaired) electrons. The van der Waals surface area contributed by atoms with Crippen molar-refractivity contribution in [1.29, 1.82) is 0 Å². The maximum atomic E-state index is 11.3. The molecule has 0 aliphatic rings. The van der Waals surface area contributed by atoms with Crippen LogP contribution in [0.4, 0.5) is 5.69 Å². The zero-order valence-corrected chi connectivity index (χ0v) is 15.3. The van der Waals surface area contributed by atoms with Gasteiger partial charge in [-0.25, -0.2) is 4.79 Å². The van der Waals surface area contributed by atoms with Crippen LogP contribution in [0.1, 0.15) is 32.6 Å². The Kier molecular flexibility index (Phi) is 10.8. The van der Waals surface area contributed by atoms with Gasteiger partial charge in [-0.3, -0.25) is 4.89 Å². The van der Waals surface area contributed by atoms with E-state index in [1.165, 1.54) is 18.4 Å². The van der Waals surface area contributed by atoms with Crippen molar-refractivity contribution in [3.05, 3.63) is 66.8 Å². The van der Waals surface area contributed by atoms with E-state index in [0.717, 1.165) is 32.4 Å². The highest BCUT2D eigenvalue weighted by Crippen LogP contribution is 2.17. The van der Waals surface area contributed by atoms with Gasteiger partial charge in [-0.2, -0.15) is 4.89 Å². The summed E-state index contributed by atoms with van der Waals surface area (Å²) in [6.07, 6.45) is 11.1. The standard InChI is InChI=1S/C21H29NO3/c1-4-6-13-19(5-2)18-22(20-14-9-7-10-15-20)17-12-8-11-16-21(23)25-24-3/h4-7,9-10,13-15H,1,8,11-12,16-18H2,2-3H3/b13-6-,19-5+. The van der Waals surface area contributed by atoms with Crippen LogP contribution in [0, 0.1) is 0 Å². The van der Waals surface area contributed by atoms with Crippen molar-refractivity contribution in [3.8, 4) is 0 Å². The second-order valence-electron chi connectivity index (χ2n) is 5.65. The molecule has 136 valence electrons. The minimum atomic E-state index is -0.312. The first-order chi connectivity index (χ1) is 12.2. The third kappa shape index (κ3) is 8.91. The Morgan fingerprint density at radius 3 is 2.60 bits per heavy atom. The molecule has 1 rings (SSSR count). The Hall–Kier alpha value is -2.33. The van der Waals surface area contributed by atoms with Gasteiger partial charge < -0.3 is 4.90 Å². The summed E-state index contributed by atoms with van der Waals surface area (Å²) < 4.78 is 0. The lowest BCUT2D eigenvalue weighted by Crippen LogP contribution is -2.26. The Bertz CT molecular complexity index is 564. The molecular weight excluding hydrogens is 314 g/mol. The first kappa shape index (κ1) is 20.7. The summed E-state index contributed by atoms with van der Waals surface area (Å²) in [4.78, 5) is 22.5. The van der Waals surface area contributed by atoms with Crippen molar-refractivity contribution in [1.82, 2.24) is 0 Å². The summed E-state index contributed by atoms with van der Waals surface area (Å²) in [5, 5.41) is 0. The molecule has 0 N–H and O–H groups in total. The molecule has 0 unspecified atom stereocenters. The maximum Gasteiger partial charge on any atom is 0.342 e. The topological polar surface area (TPSA) is 38.8 Å². The Labute approximate surface area is 151 Å². The molecule has 1 aromatic carbocycles. The van der Waals surface area contributed by atoms with Crippen LogP contribution < -0.4 is 4.90 Å². The molecule has 0 fully saturated rings. The summed E-state index contributed by atoms with van der Waals surface area (Å²) in [5.74, 6) is -0.312. The summed E-state index contributed by atoms with van der Waals surface area (Å²) in [5.41, 5.74) is 2.44. The smallest absolute Gasteiger partial charge is 0.342 e. The normalized spacial score (nSPS) is 11.5. The van der Waals surface area contributed by atoms with Crippen molar-refractivity contribution >= 4 is 11.7 Å². The molecule has 0 amide bonds. The number of nitrogens with zero attached hydrogens (tertiary/aromatic N) is 1. The van der Waals surface area contributed by atoms with E-state index < -0.39 is 0 Å². The first-order valence-corrected chi connectivity index (χ1v) is 8.69. The first-order valence-electron chi connectivity index (χ1n) is 8.69. The van der Waals surface area contributed by atoms with Crippen LogP contribution >= 0.6 is 0 Å². The van der Waals surface area contributed by atoms with E-state index >= 15 is 0 Å². The molecular formula is C21H29NO3. The molecule has 0 heterocycles. The molecule has 4 nitrogen and oxygen atoms in total. The number of benzene rings is 1. The molecule has 0 bridgehead atoms. The van der Waals surface area contributed by atoms with Gasteiger partial charge in [0, 0.05) is 25.2 Å². The lowest BCUT2D eigenvalue weighted by Gasteiger charge is -2.25. The summed E-state index contributed by atoms with van der Waals surface area (Å²) in [6, 6.07) is 10.4. The predicted octanol–water partition coefficient (Wildman–Crippen LogP) is 4.85. The van der Waals surface area contributed by atoms with E-state index in [-0.39, 0.29) is 5.97 Å². The molecule has 0 saturated carbocycles. The largest absolute Gasteiger partial charge is 0.367 e. The highest BCUT2D eigenvalue weighted by Gasteiger charge is 2.08. The van der Waals surface area contributed by atoms with Gasteiger partial charge in [0.05, 0.1) is 7.11 Å². The van der Waals surface area contributed by atoms with Crippen LogP contribution in [0.25, 0.3) is 0 Å². The van der Waals surface area contributed by atoms with Crippen LogP contribution in [0.5, 0.6) is 0 Å². The summed E-state index contributed by atoms with van der Waals surface area (Å²) in [7, 11) is 1.34. The van der Waals surface area contributed by atoms with Gasteiger partial charge in [0.1, 0.15) is 0 Å². The van der Waals surface area contributed by atoms with Crippen molar-refractivity contribution in [2.75, 3.05) is 25.1 Å². The average molecular weight is 343 g/mol. The van der Waals surface area contributed by atoms with E-state index in [4.69, 9.17) is 0 Å². The molecule has 0 aliphatic heterocycles. The second-order valence-corrected chi connectivity index (χ2v) is 5.65. The van der Waals surface area contributed by atoms with E-state index in [0.29, 0.717) is 6.42 Å². The molecule has 0 atom stereocenters. The molecule has 0 spiro atoms. The van der Waals surface area contributed by atoms with Gasteiger partial charge in [-0.05, 0) is 37.5 Å². The van der Waals surface area contributed by atoms with E-state index in [2.05, 4.69) is 57.7 Å². The number of anilines is 1. The summed E-state index contributed by atoms with van der Waals surface area (Å²) in [6.45, 7) is 7.55. The lowest BCUT2D eigenvalue weighted by molar-refractivity contribution is -0.255. The molecule has 1 aromatic rings. The quantitative estimate of drug-likeness (QED) is 0.235. The van der Waals surface area contributed by atoms with Gasteiger partial charge in [0.15, 0.2) is 0 Å². The predicted molar refractivity (Wildman–Crippen MR) is 103 cm³/mol. The van der Waals surface area contributed by atoms with Gasteiger partial charge in [-0.1, -0.05) is 55.5 Å². The monoisotopic (exact) mass is 343 g/mol. The number of hydrogen-bond donors (Lipinski definition) is 0. The number of carbonyl (C=O) groups excluding carboxylic acids is 1. The molecule has 25 heavy (non-hydrogen) atoms. The highest BCUT2D eigenvalue weighted by molar-refractivity contribution is 5.68. The van der Waals surface area contributed by atoms with Gasteiger partial charge >= 0.3 is 5.97 Å². The third-order valence-electron chi connectivity index (χ3n) is 3.80. The fraction of sp³-hybridized carbons (Fsp3) is 0.381. The van der Waals surface area contributed by atoms with Crippen LogP contribution in [0.2, 0.25) is 0 Å². The number of unbranched alkanes of at least 4 members (excludes halogenated alkanes) is 2. The summed E-state index contributed by atoms with van der Waals surface area (Å²) >= 11 is 0. The number of rotatable bonds is 12. The number of allylic oxidation sites excluding steroid dienone is 3. The Morgan fingerprint density at radius 1 is 1.20 bits per heavy atom. The van der Waals surface area contributed by atoms with Crippen molar-refractivity contribution in [2.45, 2.75) is 32.6 Å². The van der Waals surface area contributed by atoms with E-state index in [1.807, 2.05) is 19.1 Å². The fourth-order valence-electron chi connectivity index (χ4n) is 2.47. The number of para-hydroxylation sites is 1. The fourth-order valence-corrected chi connectivity index (χ4v) is 2.47. The molecule has 0 aromatic heterocycles. The average Bonchev–Trinajstić information content (AvgIpc) is 2.64. The highest BCUT2D eigenvalue weighted by atomic mass is 17.2. The van der Waals surface area contributed by atoms with E-state index in [1.54, 1.807) is 6.08 Å². The molecule has 0 aliphatic carbocycles.